The molecule has 0 aliphatic heterocycles. The van der Waals surface area contributed by atoms with Gasteiger partial charge in [-0.25, -0.2) is 0 Å². The Morgan fingerprint density at radius 1 is 1.00 bits per heavy atom. The maximum absolute atomic E-state index is 12.6. The molecule has 0 unspecified atom stereocenters. The number of rotatable bonds is 5. The van der Waals surface area contributed by atoms with Gasteiger partial charge in [-0.15, -0.1) is 0 Å². The number of carbonyl (C=O) groups excluding carboxylic acids is 3. The van der Waals surface area contributed by atoms with E-state index < -0.39 is 0 Å². The average molecular weight is 364 g/mol. The highest BCUT2D eigenvalue weighted by Gasteiger charge is 2.51. The standard InChI is InChI=1S/C20H32N2O4/c1-20(2,3)21-16(23)10-22(4)17(24)11-26-19(25)18-14-6-12-5-13(8-14)9-15(18)7-12/h12-15,18H,5-11H2,1-4H3,(H,21,23). The third-order valence-electron chi connectivity index (χ3n) is 6.16. The SMILES string of the molecule is CN(CC(=O)NC(C)(C)C)C(=O)COC(=O)C1C2CC3CC(C2)CC1C3. The zero-order valence-corrected chi connectivity index (χ0v) is 16.4. The Labute approximate surface area is 156 Å². The van der Waals surface area contributed by atoms with Crippen molar-refractivity contribution in [2.75, 3.05) is 20.2 Å². The summed E-state index contributed by atoms with van der Waals surface area (Å²) in [6, 6.07) is 0. The molecular weight excluding hydrogens is 332 g/mol. The number of amides is 2. The van der Waals surface area contributed by atoms with Crippen molar-refractivity contribution < 1.29 is 19.1 Å². The molecule has 4 rings (SSSR count). The summed E-state index contributed by atoms with van der Waals surface area (Å²) in [4.78, 5) is 38.0. The first-order valence-electron chi connectivity index (χ1n) is 9.84. The lowest BCUT2D eigenvalue weighted by Gasteiger charge is -2.53. The van der Waals surface area contributed by atoms with Crippen molar-refractivity contribution in [3.05, 3.63) is 0 Å². The molecule has 26 heavy (non-hydrogen) atoms. The molecule has 0 aromatic heterocycles. The maximum Gasteiger partial charge on any atom is 0.310 e. The fourth-order valence-corrected chi connectivity index (χ4v) is 5.41. The van der Waals surface area contributed by atoms with Gasteiger partial charge in [0.2, 0.25) is 5.91 Å². The topological polar surface area (TPSA) is 75.7 Å². The van der Waals surface area contributed by atoms with Gasteiger partial charge >= 0.3 is 5.97 Å². The molecule has 6 nitrogen and oxygen atoms in total. The average Bonchev–Trinajstić information content (AvgIpc) is 2.49. The van der Waals surface area contributed by atoms with Crippen LogP contribution in [-0.2, 0) is 19.1 Å². The van der Waals surface area contributed by atoms with Crippen LogP contribution in [0.15, 0.2) is 0 Å². The third-order valence-corrected chi connectivity index (χ3v) is 6.16. The van der Waals surface area contributed by atoms with Gasteiger partial charge in [-0.3, -0.25) is 14.4 Å². The Morgan fingerprint density at radius 3 is 2.04 bits per heavy atom. The van der Waals surface area contributed by atoms with Crippen molar-refractivity contribution in [2.24, 2.45) is 29.6 Å². The van der Waals surface area contributed by atoms with Crippen LogP contribution in [0.2, 0.25) is 0 Å². The Balaban J connectivity index is 1.45. The molecule has 1 N–H and O–H groups in total. The van der Waals surface area contributed by atoms with E-state index in [2.05, 4.69) is 5.32 Å². The van der Waals surface area contributed by atoms with Gasteiger partial charge in [0.15, 0.2) is 6.61 Å². The molecule has 4 saturated carbocycles. The van der Waals surface area contributed by atoms with Crippen molar-refractivity contribution in [3.8, 4) is 0 Å². The van der Waals surface area contributed by atoms with Crippen LogP contribution >= 0.6 is 0 Å². The van der Waals surface area contributed by atoms with Crippen LogP contribution in [0.4, 0.5) is 0 Å². The minimum absolute atomic E-state index is 0.0231. The number of carbonyl (C=O) groups is 3. The van der Waals surface area contributed by atoms with Crippen LogP contribution in [0.5, 0.6) is 0 Å². The molecule has 146 valence electrons. The molecule has 4 fully saturated rings. The zero-order valence-electron chi connectivity index (χ0n) is 16.4. The van der Waals surface area contributed by atoms with Crippen molar-refractivity contribution in [1.29, 1.82) is 0 Å². The van der Waals surface area contributed by atoms with Crippen molar-refractivity contribution in [3.63, 3.8) is 0 Å². The first-order valence-corrected chi connectivity index (χ1v) is 9.84. The lowest BCUT2D eigenvalue weighted by molar-refractivity contribution is -0.166. The van der Waals surface area contributed by atoms with Crippen molar-refractivity contribution in [2.45, 2.75) is 58.4 Å². The Kier molecular flexibility index (Phi) is 5.31. The molecule has 0 aromatic rings. The van der Waals surface area contributed by atoms with E-state index in [0.717, 1.165) is 37.5 Å². The van der Waals surface area contributed by atoms with Crippen LogP contribution in [0, 0.1) is 29.6 Å². The molecule has 0 atom stereocenters. The molecule has 0 saturated heterocycles. The van der Waals surface area contributed by atoms with E-state index in [1.54, 1.807) is 7.05 Å². The normalized spacial score (nSPS) is 32.2. The van der Waals surface area contributed by atoms with Gasteiger partial charge in [0.05, 0.1) is 12.5 Å². The molecular formula is C20H32N2O4. The molecule has 2 amide bonds. The maximum atomic E-state index is 12.6. The Hall–Kier alpha value is -1.59. The van der Waals surface area contributed by atoms with Crippen molar-refractivity contribution >= 4 is 17.8 Å². The summed E-state index contributed by atoms with van der Waals surface area (Å²) in [7, 11) is 1.56. The van der Waals surface area contributed by atoms with Crippen LogP contribution in [0.1, 0.15) is 52.9 Å². The van der Waals surface area contributed by atoms with Gasteiger partial charge in [-0.05, 0) is 76.5 Å². The largest absolute Gasteiger partial charge is 0.455 e. The molecule has 4 aliphatic carbocycles. The number of esters is 1. The number of ether oxygens (including phenoxy) is 1. The predicted molar refractivity (Wildman–Crippen MR) is 97.0 cm³/mol. The zero-order chi connectivity index (χ0) is 19.1. The molecule has 0 spiro atoms. The number of hydrogen-bond acceptors (Lipinski definition) is 4. The van der Waals surface area contributed by atoms with E-state index in [1.807, 2.05) is 20.8 Å². The second kappa shape index (κ2) is 7.20. The van der Waals surface area contributed by atoms with E-state index in [-0.39, 0.29) is 42.4 Å². The number of likely N-dealkylation sites (N-methyl/N-ethyl adjacent to an activating group) is 1. The quantitative estimate of drug-likeness (QED) is 0.757. The fraction of sp³-hybridized carbons (Fsp3) is 0.850. The highest BCUT2D eigenvalue weighted by atomic mass is 16.5. The lowest BCUT2D eigenvalue weighted by Crippen LogP contribution is -2.49. The van der Waals surface area contributed by atoms with Crippen LogP contribution < -0.4 is 5.32 Å². The number of nitrogens with zero attached hydrogens (tertiary/aromatic N) is 1. The summed E-state index contributed by atoms with van der Waals surface area (Å²) in [5, 5.41) is 2.82. The smallest absolute Gasteiger partial charge is 0.310 e. The molecule has 0 radical (unpaired) electrons. The third kappa shape index (κ3) is 4.38. The van der Waals surface area contributed by atoms with E-state index in [1.165, 1.54) is 11.3 Å². The van der Waals surface area contributed by atoms with Gasteiger partial charge in [-0.2, -0.15) is 0 Å². The second-order valence-corrected chi connectivity index (χ2v) is 9.61. The van der Waals surface area contributed by atoms with Crippen LogP contribution in [0.3, 0.4) is 0 Å². The minimum Gasteiger partial charge on any atom is -0.455 e. The highest BCUT2D eigenvalue weighted by Crippen LogP contribution is 2.56. The number of nitrogens with one attached hydrogen (secondary N) is 1. The second-order valence-electron chi connectivity index (χ2n) is 9.61. The van der Waals surface area contributed by atoms with Gasteiger partial charge in [-0.1, -0.05) is 0 Å². The first kappa shape index (κ1) is 19.2. The first-order chi connectivity index (χ1) is 12.1. The Morgan fingerprint density at radius 2 is 1.54 bits per heavy atom. The Bertz CT molecular complexity index is 553. The van der Waals surface area contributed by atoms with E-state index in [0.29, 0.717) is 11.8 Å². The summed E-state index contributed by atoms with van der Waals surface area (Å²) < 4.78 is 5.37. The van der Waals surface area contributed by atoms with Crippen LogP contribution in [-0.4, -0.2) is 48.4 Å². The van der Waals surface area contributed by atoms with Gasteiger partial charge in [0.1, 0.15) is 0 Å². The summed E-state index contributed by atoms with van der Waals surface area (Å²) >= 11 is 0. The lowest BCUT2D eigenvalue weighted by atomic mass is 9.52. The summed E-state index contributed by atoms with van der Waals surface area (Å²) in [5.74, 6) is 1.70. The minimum atomic E-state index is -0.341. The van der Waals surface area contributed by atoms with Crippen LogP contribution in [0.25, 0.3) is 0 Å². The van der Waals surface area contributed by atoms with Gasteiger partial charge in [0.25, 0.3) is 5.91 Å². The molecule has 4 aliphatic rings. The molecule has 6 heteroatoms. The van der Waals surface area contributed by atoms with E-state index in [9.17, 15) is 14.4 Å². The summed E-state index contributed by atoms with van der Waals surface area (Å²) in [6.45, 7) is 5.35. The molecule has 0 aromatic carbocycles. The van der Waals surface area contributed by atoms with E-state index >= 15 is 0 Å². The van der Waals surface area contributed by atoms with Gasteiger partial charge < -0.3 is 15.0 Å². The monoisotopic (exact) mass is 364 g/mol. The highest BCUT2D eigenvalue weighted by molar-refractivity contribution is 5.86. The predicted octanol–water partition coefficient (Wildman–Crippen LogP) is 1.97. The van der Waals surface area contributed by atoms with Gasteiger partial charge in [0, 0.05) is 12.6 Å². The number of hydrogen-bond donors (Lipinski definition) is 1. The van der Waals surface area contributed by atoms with E-state index in [4.69, 9.17) is 4.74 Å². The fourth-order valence-electron chi connectivity index (χ4n) is 5.41. The molecule has 0 heterocycles. The summed E-state index contributed by atoms with van der Waals surface area (Å²) in [6.07, 6.45) is 5.93. The van der Waals surface area contributed by atoms with Crippen molar-refractivity contribution in [1.82, 2.24) is 10.2 Å². The molecule has 4 bridgehead atoms. The summed E-state index contributed by atoms with van der Waals surface area (Å²) in [5.41, 5.74) is -0.340.